The zero-order valence-electron chi connectivity index (χ0n) is 9.57. The molecule has 0 aliphatic carbocycles. The maximum atomic E-state index is 5.67. The molecule has 0 radical (unpaired) electrons. The first kappa shape index (κ1) is 12.1. The summed E-state index contributed by atoms with van der Waals surface area (Å²) in [7, 11) is 0. The van der Waals surface area contributed by atoms with E-state index in [1.54, 1.807) is 12.1 Å². The normalized spacial score (nSPS) is 10.9. The second kappa shape index (κ2) is 5.84. The van der Waals surface area contributed by atoms with Crippen LogP contribution in [0.15, 0.2) is 21.0 Å². The first-order chi connectivity index (χ1) is 8.29. The van der Waals surface area contributed by atoms with Crippen LogP contribution in [0, 0.1) is 0 Å². The molecule has 0 saturated heterocycles. The van der Waals surface area contributed by atoms with Gasteiger partial charge in [-0.15, -0.1) is 10.2 Å². The molecule has 2 aromatic rings. The molecule has 0 spiro atoms. The highest BCUT2D eigenvalue weighted by Gasteiger charge is 2.11. The maximum absolute atomic E-state index is 5.67. The van der Waals surface area contributed by atoms with E-state index >= 15 is 0 Å². The Labute approximate surface area is 104 Å². The van der Waals surface area contributed by atoms with Gasteiger partial charge in [0.05, 0.1) is 0 Å². The van der Waals surface area contributed by atoms with Crippen LogP contribution in [0.3, 0.4) is 0 Å². The van der Waals surface area contributed by atoms with E-state index in [4.69, 9.17) is 20.4 Å². The molecule has 0 aromatic carbocycles. The number of nitrogens with zero attached hydrogens (tertiary/aromatic N) is 2. The summed E-state index contributed by atoms with van der Waals surface area (Å²) in [5.74, 6) is 1.49. The summed E-state index contributed by atoms with van der Waals surface area (Å²) in [6.45, 7) is 3.99. The molecule has 0 unspecified atom stereocenters. The molecule has 0 amide bonds. The van der Waals surface area contributed by atoms with Crippen molar-refractivity contribution in [3.05, 3.63) is 23.2 Å². The lowest BCUT2D eigenvalue weighted by atomic mass is 10.3. The molecule has 0 aliphatic rings. The predicted octanol–water partition coefficient (Wildman–Crippen LogP) is 2.53. The molecule has 92 valence electrons. The van der Waals surface area contributed by atoms with E-state index in [-0.39, 0.29) is 0 Å². The lowest BCUT2D eigenvalue weighted by molar-refractivity contribution is 0.472. The summed E-state index contributed by atoms with van der Waals surface area (Å²) in [5.41, 5.74) is 0. The Morgan fingerprint density at radius 3 is 2.88 bits per heavy atom. The van der Waals surface area contributed by atoms with Crippen LogP contribution < -0.4 is 5.32 Å². The first-order valence-corrected chi connectivity index (χ1v) is 5.96. The van der Waals surface area contributed by atoms with Gasteiger partial charge in [-0.25, -0.2) is 0 Å². The fraction of sp³-hybridized carbons (Fsp3) is 0.455. The van der Waals surface area contributed by atoms with Crippen molar-refractivity contribution >= 4 is 11.6 Å². The topological polar surface area (TPSA) is 64.1 Å². The monoisotopic (exact) mass is 255 g/mol. The average molecular weight is 256 g/mol. The Balaban J connectivity index is 1.92. The molecule has 5 nitrogen and oxygen atoms in total. The van der Waals surface area contributed by atoms with Crippen molar-refractivity contribution in [1.29, 1.82) is 0 Å². The van der Waals surface area contributed by atoms with E-state index in [1.165, 1.54) is 0 Å². The molecule has 0 aliphatic heterocycles. The minimum Gasteiger partial charge on any atom is -0.440 e. The Morgan fingerprint density at radius 1 is 1.29 bits per heavy atom. The Hall–Kier alpha value is -1.33. The van der Waals surface area contributed by atoms with E-state index in [9.17, 15) is 0 Å². The molecule has 0 saturated carbocycles. The lowest BCUT2D eigenvalue weighted by Gasteiger charge is -1.97. The number of hydrogen-bond acceptors (Lipinski definition) is 5. The van der Waals surface area contributed by atoms with E-state index in [0.29, 0.717) is 22.8 Å². The Morgan fingerprint density at radius 2 is 2.18 bits per heavy atom. The van der Waals surface area contributed by atoms with Crippen LogP contribution in [0.5, 0.6) is 0 Å². The summed E-state index contributed by atoms with van der Waals surface area (Å²) >= 11 is 5.67. The summed E-state index contributed by atoms with van der Waals surface area (Å²) in [5, 5.41) is 11.4. The number of halogens is 1. The number of aromatic nitrogens is 2. The van der Waals surface area contributed by atoms with Gasteiger partial charge in [-0.2, -0.15) is 0 Å². The van der Waals surface area contributed by atoms with Gasteiger partial charge in [0.25, 0.3) is 5.89 Å². The van der Waals surface area contributed by atoms with Crippen molar-refractivity contribution in [2.75, 3.05) is 13.1 Å². The molecular formula is C11H14ClN3O2. The van der Waals surface area contributed by atoms with Gasteiger partial charge in [0.2, 0.25) is 5.89 Å². The standard InChI is InChI=1S/C11H14ClN3O2/c1-2-13-7-3-4-10-14-15-11(17-10)8-5-6-9(12)16-8/h5-6,13H,2-4,7H2,1H3. The third-order valence-corrected chi connectivity index (χ3v) is 2.45. The van der Waals surface area contributed by atoms with Crippen LogP contribution in [-0.4, -0.2) is 23.3 Å². The zero-order valence-corrected chi connectivity index (χ0v) is 10.3. The van der Waals surface area contributed by atoms with Crippen LogP contribution in [0.4, 0.5) is 0 Å². The number of nitrogens with one attached hydrogen (secondary N) is 1. The third-order valence-electron chi connectivity index (χ3n) is 2.25. The predicted molar refractivity (Wildman–Crippen MR) is 63.9 cm³/mol. The zero-order chi connectivity index (χ0) is 12.1. The number of rotatable bonds is 6. The second-order valence-corrected chi connectivity index (χ2v) is 3.93. The molecule has 6 heteroatoms. The summed E-state index contributed by atoms with van der Waals surface area (Å²) in [4.78, 5) is 0. The van der Waals surface area contributed by atoms with Gasteiger partial charge in [0.1, 0.15) is 0 Å². The molecule has 17 heavy (non-hydrogen) atoms. The van der Waals surface area contributed by atoms with E-state index in [1.807, 2.05) is 0 Å². The van der Waals surface area contributed by atoms with E-state index in [2.05, 4.69) is 22.4 Å². The highest BCUT2D eigenvalue weighted by molar-refractivity contribution is 6.28. The van der Waals surface area contributed by atoms with Gasteiger partial charge in [-0.3, -0.25) is 0 Å². The van der Waals surface area contributed by atoms with Gasteiger partial charge in [0, 0.05) is 6.42 Å². The number of hydrogen-bond donors (Lipinski definition) is 1. The molecule has 2 heterocycles. The first-order valence-electron chi connectivity index (χ1n) is 5.58. The number of aryl methyl sites for hydroxylation is 1. The molecule has 0 atom stereocenters. The lowest BCUT2D eigenvalue weighted by Crippen LogP contribution is -2.14. The summed E-state index contributed by atoms with van der Waals surface area (Å²) < 4.78 is 10.6. The van der Waals surface area contributed by atoms with Crippen LogP contribution >= 0.6 is 11.6 Å². The van der Waals surface area contributed by atoms with Gasteiger partial charge in [0.15, 0.2) is 11.0 Å². The molecule has 0 bridgehead atoms. The highest BCUT2D eigenvalue weighted by atomic mass is 35.5. The van der Waals surface area contributed by atoms with Gasteiger partial charge in [-0.1, -0.05) is 6.92 Å². The van der Waals surface area contributed by atoms with Gasteiger partial charge >= 0.3 is 0 Å². The van der Waals surface area contributed by atoms with Crippen LogP contribution in [0.2, 0.25) is 5.22 Å². The van der Waals surface area contributed by atoms with Crippen LogP contribution in [0.1, 0.15) is 19.2 Å². The fourth-order valence-electron chi connectivity index (χ4n) is 1.42. The Bertz CT molecular complexity index is 467. The van der Waals surface area contributed by atoms with Crippen molar-refractivity contribution in [3.63, 3.8) is 0 Å². The summed E-state index contributed by atoms with van der Waals surface area (Å²) in [6.07, 6.45) is 1.73. The van der Waals surface area contributed by atoms with Gasteiger partial charge in [-0.05, 0) is 43.2 Å². The molecule has 2 rings (SSSR count). The largest absolute Gasteiger partial charge is 0.440 e. The third kappa shape index (κ3) is 3.31. The van der Waals surface area contributed by atoms with Crippen molar-refractivity contribution in [3.8, 4) is 11.7 Å². The maximum Gasteiger partial charge on any atom is 0.283 e. The van der Waals surface area contributed by atoms with Gasteiger partial charge < -0.3 is 14.2 Å². The number of furan rings is 1. The van der Waals surface area contributed by atoms with E-state index < -0.39 is 0 Å². The molecule has 0 fully saturated rings. The SMILES string of the molecule is CCNCCCc1nnc(-c2ccc(Cl)o2)o1. The van der Waals surface area contributed by atoms with Crippen molar-refractivity contribution in [1.82, 2.24) is 15.5 Å². The van der Waals surface area contributed by atoms with Crippen molar-refractivity contribution in [2.45, 2.75) is 19.8 Å². The Kier molecular flexibility index (Phi) is 4.17. The molecule has 2 aromatic heterocycles. The van der Waals surface area contributed by atoms with Crippen LogP contribution in [0.25, 0.3) is 11.7 Å². The minimum atomic E-state index is 0.312. The van der Waals surface area contributed by atoms with Crippen molar-refractivity contribution in [2.24, 2.45) is 0 Å². The van der Waals surface area contributed by atoms with Crippen LogP contribution in [-0.2, 0) is 6.42 Å². The molecule has 1 N–H and O–H groups in total. The minimum absolute atomic E-state index is 0.312. The second-order valence-electron chi connectivity index (χ2n) is 3.56. The quantitative estimate of drug-likeness (QED) is 0.804. The smallest absolute Gasteiger partial charge is 0.283 e. The van der Waals surface area contributed by atoms with E-state index in [0.717, 1.165) is 25.9 Å². The van der Waals surface area contributed by atoms with Crippen molar-refractivity contribution < 1.29 is 8.83 Å². The average Bonchev–Trinajstić information content (AvgIpc) is 2.93. The highest BCUT2D eigenvalue weighted by Crippen LogP contribution is 2.23. The molecular weight excluding hydrogens is 242 g/mol. The summed E-state index contributed by atoms with van der Waals surface area (Å²) in [6, 6.07) is 3.35. The fourth-order valence-corrected chi connectivity index (χ4v) is 1.57.